The van der Waals surface area contributed by atoms with Gasteiger partial charge in [0.05, 0.1) is 6.10 Å². The molecule has 0 amide bonds. The van der Waals surface area contributed by atoms with Gasteiger partial charge in [0.25, 0.3) is 0 Å². The average Bonchev–Trinajstić information content (AvgIpc) is 2.94. The minimum absolute atomic E-state index is 0.347. The Hall–Kier alpha value is -1.85. The van der Waals surface area contributed by atoms with E-state index in [0.29, 0.717) is 19.0 Å². The van der Waals surface area contributed by atoms with E-state index in [9.17, 15) is 5.11 Å². The molecule has 1 atom stereocenters. The molecule has 21 heavy (non-hydrogen) atoms. The van der Waals surface area contributed by atoms with Gasteiger partial charge in [-0.05, 0) is 36.5 Å². The molecule has 0 bridgehead atoms. The molecule has 5 nitrogen and oxygen atoms in total. The molecule has 0 saturated heterocycles. The van der Waals surface area contributed by atoms with E-state index in [4.69, 9.17) is 14.0 Å². The fourth-order valence-electron chi connectivity index (χ4n) is 2.71. The third kappa shape index (κ3) is 3.09. The summed E-state index contributed by atoms with van der Waals surface area (Å²) in [5.41, 5.74) is 2.83. The number of aliphatic hydroxyl groups excluding tert-OH is 1. The van der Waals surface area contributed by atoms with Crippen molar-refractivity contribution in [3.63, 3.8) is 0 Å². The number of hydrogen-bond acceptors (Lipinski definition) is 5. The molecular weight excluding hydrogens is 270 g/mol. The maximum atomic E-state index is 10.0. The Morgan fingerprint density at radius 1 is 1.38 bits per heavy atom. The van der Waals surface area contributed by atoms with Crippen LogP contribution in [0.3, 0.4) is 0 Å². The molecule has 1 N–H and O–H groups in total. The molecule has 1 aromatic carbocycles. The lowest BCUT2D eigenvalue weighted by atomic mass is 9.89. The number of hydrogen-bond donors (Lipinski definition) is 1. The highest BCUT2D eigenvalue weighted by atomic mass is 16.5. The predicted octanol–water partition coefficient (Wildman–Crippen LogP) is 2.77. The van der Waals surface area contributed by atoms with Crippen molar-refractivity contribution >= 4 is 0 Å². The summed E-state index contributed by atoms with van der Waals surface area (Å²) in [6, 6.07) is 7.65. The van der Waals surface area contributed by atoms with Gasteiger partial charge in [-0.2, -0.15) is 0 Å². The first-order valence-electron chi connectivity index (χ1n) is 7.14. The maximum absolute atomic E-state index is 10.0. The summed E-state index contributed by atoms with van der Waals surface area (Å²) in [7, 11) is 1.61. The van der Waals surface area contributed by atoms with E-state index in [2.05, 4.69) is 5.16 Å². The minimum atomic E-state index is -0.377. The van der Waals surface area contributed by atoms with Crippen LogP contribution in [0.4, 0.5) is 0 Å². The van der Waals surface area contributed by atoms with E-state index in [1.54, 1.807) is 7.11 Å². The molecule has 1 heterocycles. The predicted molar refractivity (Wildman–Crippen MR) is 75.9 cm³/mol. The fraction of sp³-hybridized carbons (Fsp3) is 0.438. The van der Waals surface area contributed by atoms with Crippen molar-refractivity contribution in [2.24, 2.45) is 0 Å². The molecule has 1 unspecified atom stereocenters. The van der Waals surface area contributed by atoms with Crippen LogP contribution in [0.15, 0.2) is 28.8 Å². The Kier molecular flexibility index (Phi) is 4.22. The van der Waals surface area contributed by atoms with Crippen LogP contribution in [0.25, 0.3) is 0 Å². The Balaban J connectivity index is 1.71. The topological polar surface area (TPSA) is 64.7 Å². The zero-order valence-electron chi connectivity index (χ0n) is 12.0. The van der Waals surface area contributed by atoms with Gasteiger partial charge in [-0.1, -0.05) is 17.3 Å². The second-order valence-corrected chi connectivity index (χ2v) is 5.24. The standard InChI is InChI=1S/C16H19NO4/c1-19-10-12-8-11(17-21-12)9-20-16-7-3-4-13-14(16)5-2-6-15(13)18/h3-4,7-8,15,18H,2,5-6,9-10H2,1H3. The van der Waals surface area contributed by atoms with Crippen molar-refractivity contribution < 1.29 is 19.1 Å². The molecule has 0 saturated carbocycles. The Morgan fingerprint density at radius 2 is 2.29 bits per heavy atom. The van der Waals surface area contributed by atoms with Crippen molar-refractivity contribution in [3.05, 3.63) is 46.8 Å². The maximum Gasteiger partial charge on any atom is 0.162 e. The lowest BCUT2D eigenvalue weighted by molar-refractivity contribution is 0.154. The smallest absolute Gasteiger partial charge is 0.162 e. The van der Waals surface area contributed by atoms with E-state index in [1.807, 2.05) is 24.3 Å². The van der Waals surface area contributed by atoms with Crippen LogP contribution >= 0.6 is 0 Å². The Bertz CT molecular complexity index is 608. The molecule has 0 spiro atoms. The second-order valence-electron chi connectivity index (χ2n) is 5.24. The van der Waals surface area contributed by atoms with Crippen LogP contribution < -0.4 is 4.74 Å². The minimum Gasteiger partial charge on any atom is -0.487 e. The Labute approximate surface area is 123 Å². The van der Waals surface area contributed by atoms with E-state index in [-0.39, 0.29) is 6.10 Å². The third-order valence-electron chi connectivity index (χ3n) is 3.70. The summed E-state index contributed by atoms with van der Waals surface area (Å²) in [6.07, 6.45) is 2.37. The van der Waals surface area contributed by atoms with Crippen LogP contribution in [-0.2, 0) is 24.4 Å². The quantitative estimate of drug-likeness (QED) is 0.917. The van der Waals surface area contributed by atoms with Gasteiger partial charge in [0.2, 0.25) is 0 Å². The second kappa shape index (κ2) is 6.28. The first kappa shape index (κ1) is 14.1. The summed E-state index contributed by atoms with van der Waals surface area (Å²) in [4.78, 5) is 0. The third-order valence-corrected chi connectivity index (χ3v) is 3.70. The van der Waals surface area contributed by atoms with E-state index in [1.165, 1.54) is 0 Å². The van der Waals surface area contributed by atoms with Gasteiger partial charge in [-0.15, -0.1) is 0 Å². The molecule has 0 fully saturated rings. The number of methoxy groups -OCH3 is 1. The SMILES string of the molecule is COCc1cc(COc2cccc3c2CCCC3O)no1. The molecule has 1 aliphatic rings. The summed E-state index contributed by atoms with van der Waals surface area (Å²) < 4.78 is 16.0. The number of ether oxygens (including phenoxy) is 2. The summed E-state index contributed by atoms with van der Waals surface area (Å²) in [5, 5.41) is 14.0. The van der Waals surface area contributed by atoms with E-state index in [0.717, 1.165) is 41.8 Å². The van der Waals surface area contributed by atoms with Gasteiger partial charge >= 0.3 is 0 Å². The van der Waals surface area contributed by atoms with Crippen LogP contribution in [0.5, 0.6) is 5.75 Å². The highest BCUT2D eigenvalue weighted by molar-refractivity contribution is 5.42. The van der Waals surface area contributed by atoms with Crippen LogP contribution in [-0.4, -0.2) is 17.4 Å². The molecule has 1 aromatic heterocycles. The van der Waals surface area contributed by atoms with Gasteiger partial charge in [-0.3, -0.25) is 0 Å². The monoisotopic (exact) mass is 289 g/mol. The van der Waals surface area contributed by atoms with Crippen molar-refractivity contribution in [2.75, 3.05) is 7.11 Å². The molecule has 112 valence electrons. The first-order chi connectivity index (χ1) is 10.3. The fourth-order valence-corrected chi connectivity index (χ4v) is 2.71. The average molecular weight is 289 g/mol. The van der Waals surface area contributed by atoms with Gasteiger partial charge in [0.1, 0.15) is 24.7 Å². The molecule has 0 radical (unpaired) electrons. The van der Waals surface area contributed by atoms with E-state index >= 15 is 0 Å². The van der Waals surface area contributed by atoms with E-state index < -0.39 is 0 Å². The molecule has 2 aromatic rings. The molecule has 1 aliphatic carbocycles. The number of benzene rings is 1. The van der Waals surface area contributed by atoms with Crippen molar-refractivity contribution in [2.45, 2.75) is 38.6 Å². The lowest BCUT2D eigenvalue weighted by Gasteiger charge is -2.23. The zero-order chi connectivity index (χ0) is 14.7. The number of nitrogens with zero attached hydrogens (tertiary/aromatic N) is 1. The number of aliphatic hydroxyl groups is 1. The highest BCUT2D eigenvalue weighted by Crippen LogP contribution is 2.35. The number of aromatic nitrogens is 1. The van der Waals surface area contributed by atoms with Crippen LogP contribution in [0.2, 0.25) is 0 Å². The van der Waals surface area contributed by atoms with Crippen molar-refractivity contribution in [1.82, 2.24) is 5.16 Å². The highest BCUT2D eigenvalue weighted by Gasteiger charge is 2.21. The van der Waals surface area contributed by atoms with Gasteiger partial charge < -0.3 is 19.1 Å². The van der Waals surface area contributed by atoms with Crippen molar-refractivity contribution in [1.29, 1.82) is 0 Å². The molecule has 0 aliphatic heterocycles. The first-order valence-corrected chi connectivity index (χ1v) is 7.14. The molecule has 5 heteroatoms. The molecule has 3 rings (SSSR count). The number of rotatable bonds is 5. The van der Waals surface area contributed by atoms with Gasteiger partial charge in [-0.25, -0.2) is 0 Å². The lowest BCUT2D eigenvalue weighted by Crippen LogP contribution is -2.11. The van der Waals surface area contributed by atoms with Crippen LogP contribution in [0.1, 0.15) is 41.5 Å². The summed E-state index contributed by atoms with van der Waals surface area (Å²) in [6.45, 7) is 0.750. The largest absolute Gasteiger partial charge is 0.487 e. The summed E-state index contributed by atoms with van der Waals surface area (Å²) in [5.74, 6) is 1.50. The Morgan fingerprint density at radius 3 is 3.14 bits per heavy atom. The van der Waals surface area contributed by atoms with Gasteiger partial charge in [0.15, 0.2) is 5.76 Å². The van der Waals surface area contributed by atoms with Crippen molar-refractivity contribution in [3.8, 4) is 5.75 Å². The zero-order valence-corrected chi connectivity index (χ0v) is 12.0. The number of fused-ring (bicyclic) bond motifs is 1. The molecular formula is C16H19NO4. The van der Waals surface area contributed by atoms with Crippen LogP contribution in [0, 0.1) is 0 Å². The van der Waals surface area contributed by atoms with Gasteiger partial charge in [0, 0.05) is 13.2 Å². The normalized spacial score (nSPS) is 17.5. The summed E-state index contributed by atoms with van der Waals surface area (Å²) >= 11 is 0.